The van der Waals surface area contributed by atoms with Crippen LogP contribution in [-0.2, 0) is 12.0 Å². The first-order chi connectivity index (χ1) is 17.7. The van der Waals surface area contributed by atoms with Crippen LogP contribution in [0.2, 0.25) is 0 Å². The number of aromatic nitrogens is 4. The van der Waals surface area contributed by atoms with E-state index in [-0.39, 0.29) is 5.54 Å². The van der Waals surface area contributed by atoms with Crippen LogP contribution < -0.4 is 10.6 Å². The fourth-order valence-electron chi connectivity index (χ4n) is 5.52. The van der Waals surface area contributed by atoms with E-state index in [1.807, 2.05) is 10.6 Å². The third kappa shape index (κ3) is 3.48. The highest BCUT2D eigenvalue weighted by Gasteiger charge is 2.34. The lowest BCUT2D eigenvalue weighted by molar-refractivity contribution is 0.253. The van der Waals surface area contributed by atoms with Crippen molar-refractivity contribution in [3.63, 3.8) is 0 Å². The van der Waals surface area contributed by atoms with Crippen molar-refractivity contribution in [2.75, 3.05) is 11.4 Å². The molecule has 0 atom stereocenters. The van der Waals surface area contributed by atoms with E-state index >= 15 is 0 Å². The highest BCUT2D eigenvalue weighted by molar-refractivity contribution is 5.81. The largest absolute Gasteiger partial charge is 0.321 e. The summed E-state index contributed by atoms with van der Waals surface area (Å²) in [4.78, 5) is 12.1. The summed E-state index contributed by atoms with van der Waals surface area (Å²) in [7, 11) is 0. The van der Waals surface area contributed by atoms with Crippen LogP contribution in [0.15, 0.2) is 85.1 Å². The van der Waals surface area contributed by atoms with Gasteiger partial charge in [-0.25, -0.2) is 9.50 Å². The smallest absolute Gasteiger partial charge is 0.254 e. The van der Waals surface area contributed by atoms with Crippen molar-refractivity contribution in [3.8, 4) is 22.4 Å². The second kappa shape index (κ2) is 8.28. The van der Waals surface area contributed by atoms with E-state index in [1.165, 1.54) is 23.2 Å². The predicted molar refractivity (Wildman–Crippen MR) is 143 cm³/mol. The molecule has 7 rings (SSSR count). The number of benzene rings is 3. The maximum Gasteiger partial charge on any atom is 0.254 e. The Morgan fingerprint density at radius 1 is 0.778 bits per heavy atom. The molecule has 2 aromatic heterocycles. The van der Waals surface area contributed by atoms with E-state index in [9.17, 15) is 0 Å². The average molecular weight is 473 g/mol. The lowest BCUT2D eigenvalue weighted by atomic mass is 9.72. The number of nitrogens with zero attached hydrogens (tertiary/aromatic N) is 5. The van der Waals surface area contributed by atoms with E-state index in [1.54, 1.807) is 0 Å². The Balaban J connectivity index is 1.35. The van der Waals surface area contributed by atoms with Gasteiger partial charge in [0.05, 0.1) is 5.69 Å². The number of fused-ring (bicyclic) bond motifs is 2. The molecule has 0 radical (unpaired) electrons. The molecule has 6 heteroatoms. The molecule has 1 aliphatic heterocycles. The van der Waals surface area contributed by atoms with Gasteiger partial charge < -0.3 is 10.6 Å². The molecule has 5 aromatic rings. The molecular weight excluding hydrogens is 444 g/mol. The maximum absolute atomic E-state index is 6.57. The summed E-state index contributed by atoms with van der Waals surface area (Å²) in [5, 5.41) is 4.87. The first-order valence-corrected chi connectivity index (χ1v) is 12.8. The minimum atomic E-state index is -0.176. The van der Waals surface area contributed by atoms with Crippen LogP contribution in [0.4, 0.5) is 11.6 Å². The Hall–Kier alpha value is -4.03. The summed E-state index contributed by atoms with van der Waals surface area (Å²) in [6, 6.07) is 27.5. The van der Waals surface area contributed by atoms with Crippen molar-refractivity contribution in [3.05, 3.63) is 96.2 Å². The first-order valence-electron chi connectivity index (χ1n) is 12.8. The standard InChI is InChI=1S/C30H28N6/c31-30(17-7-18-30)24-15-13-23(14-16-24)27-25(21-8-2-1-3-9-21)20-36-28(32-27)33-29(34-36)35-19-6-11-22-10-4-5-12-26(22)35/h1-5,8-10,12-16,20H,6-7,11,17-19,31H2. The molecule has 36 heavy (non-hydrogen) atoms. The molecule has 0 amide bonds. The van der Waals surface area contributed by atoms with Crippen LogP contribution in [0, 0.1) is 0 Å². The molecule has 2 aliphatic rings. The molecule has 3 heterocycles. The summed E-state index contributed by atoms with van der Waals surface area (Å²) in [6.07, 6.45) is 7.52. The normalized spacial score (nSPS) is 16.5. The van der Waals surface area contributed by atoms with Crippen LogP contribution in [-0.4, -0.2) is 26.1 Å². The number of aryl methyl sites for hydroxylation is 1. The fourth-order valence-corrected chi connectivity index (χ4v) is 5.52. The minimum absolute atomic E-state index is 0.176. The van der Waals surface area contributed by atoms with Gasteiger partial charge in [0.2, 0.25) is 0 Å². The molecule has 6 nitrogen and oxygen atoms in total. The zero-order chi connectivity index (χ0) is 24.1. The van der Waals surface area contributed by atoms with E-state index in [0.29, 0.717) is 11.7 Å². The monoisotopic (exact) mass is 472 g/mol. The molecule has 1 fully saturated rings. The lowest BCUT2D eigenvalue weighted by Gasteiger charge is -2.38. The Labute approximate surface area is 210 Å². The highest BCUT2D eigenvalue weighted by atomic mass is 15.4. The number of nitrogens with two attached hydrogens (primary N) is 1. The van der Waals surface area contributed by atoms with E-state index in [4.69, 9.17) is 20.8 Å². The van der Waals surface area contributed by atoms with Crippen molar-refractivity contribution >= 4 is 17.4 Å². The van der Waals surface area contributed by atoms with E-state index in [2.05, 4.69) is 83.9 Å². The minimum Gasteiger partial charge on any atom is -0.321 e. The van der Waals surface area contributed by atoms with Crippen LogP contribution in [0.3, 0.4) is 0 Å². The van der Waals surface area contributed by atoms with Crippen molar-refractivity contribution in [1.29, 1.82) is 0 Å². The van der Waals surface area contributed by atoms with Crippen LogP contribution >= 0.6 is 0 Å². The van der Waals surface area contributed by atoms with Gasteiger partial charge >= 0.3 is 0 Å². The topological polar surface area (TPSA) is 72.3 Å². The average Bonchev–Trinajstić information content (AvgIpc) is 3.34. The van der Waals surface area contributed by atoms with Crippen LogP contribution in [0.5, 0.6) is 0 Å². The molecule has 0 bridgehead atoms. The van der Waals surface area contributed by atoms with Crippen LogP contribution in [0.25, 0.3) is 28.2 Å². The molecule has 178 valence electrons. The van der Waals surface area contributed by atoms with E-state index < -0.39 is 0 Å². The molecule has 0 saturated heterocycles. The van der Waals surface area contributed by atoms with Crippen molar-refractivity contribution in [2.24, 2.45) is 5.73 Å². The molecule has 1 aliphatic carbocycles. The highest BCUT2D eigenvalue weighted by Crippen LogP contribution is 2.40. The van der Waals surface area contributed by atoms with Gasteiger partial charge in [-0.05, 0) is 54.9 Å². The Bertz CT molecular complexity index is 1550. The second-order valence-corrected chi connectivity index (χ2v) is 10.00. The van der Waals surface area contributed by atoms with Gasteiger partial charge in [-0.2, -0.15) is 4.98 Å². The van der Waals surface area contributed by atoms with Gasteiger partial charge in [-0.1, -0.05) is 72.8 Å². The SMILES string of the molecule is NC1(c2ccc(-c3nc4nc(N5CCCc6ccccc65)nn4cc3-c3ccccc3)cc2)CCC1. The quantitative estimate of drug-likeness (QED) is 0.354. The van der Waals surface area contributed by atoms with Crippen molar-refractivity contribution < 1.29 is 0 Å². The summed E-state index contributed by atoms with van der Waals surface area (Å²) < 4.78 is 1.82. The van der Waals surface area contributed by atoms with Gasteiger partial charge in [-0.3, -0.25) is 0 Å². The summed E-state index contributed by atoms with van der Waals surface area (Å²) >= 11 is 0. The zero-order valence-electron chi connectivity index (χ0n) is 20.1. The van der Waals surface area contributed by atoms with Gasteiger partial charge in [0.1, 0.15) is 0 Å². The van der Waals surface area contributed by atoms with Gasteiger partial charge in [0, 0.05) is 35.1 Å². The number of para-hydroxylation sites is 1. The third-order valence-corrected chi connectivity index (χ3v) is 7.74. The maximum atomic E-state index is 6.57. The summed E-state index contributed by atoms with van der Waals surface area (Å²) in [5.41, 5.74) is 14.2. The summed E-state index contributed by atoms with van der Waals surface area (Å²) in [6.45, 7) is 0.897. The molecule has 3 aromatic carbocycles. The molecule has 0 unspecified atom stereocenters. The van der Waals surface area contributed by atoms with Gasteiger partial charge in [0.25, 0.3) is 11.7 Å². The third-order valence-electron chi connectivity index (χ3n) is 7.74. The summed E-state index contributed by atoms with van der Waals surface area (Å²) in [5.74, 6) is 1.29. The Morgan fingerprint density at radius 2 is 1.56 bits per heavy atom. The number of anilines is 2. The predicted octanol–water partition coefficient (Wildman–Crippen LogP) is 5.88. The Morgan fingerprint density at radius 3 is 2.33 bits per heavy atom. The Kier molecular flexibility index (Phi) is 4.89. The van der Waals surface area contributed by atoms with Gasteiger partial charge in [-0.15, -0.1) is 5.10 Å². The van der Waals surface area contributed by atoms with Crippen molar-refractivity contribution in [1.82, 2.24) is 19.6 Å². The van der Waals surface area contributed by atoms with E-state index in [0.717, 1.165) is 54.6 Å². The van der Waals surface area contributed by atoms with Crippen LogP contribution in [0.1, 0.15) is 36.8 Å². The lowest BCUT2D eigenvalue weighted by Crippen LogP contribution is -2.43. The molecule has 0 spiro atoms. The first kappa shape index (κ1) is 21.3. The molecule has 2 N–H and O–H groups in total. The molecular formula is C30H28N6. The zero-order valence-corrected chi connectivity index (χ0v) is 20.1. The van der Waals surface area contributed by atoms with Crippen molar-refractivity contribution in [2.45, 2.75) is 37.6 Å². The number of rotatable bonds is 4. The fraction of sp³-hybridized carbons (Fsp3) is 0.233. The number of hydrogen-bond acceptors (Lipinski definition) is 5. The number of hydrogen-bond donors (Lipinski definition) is 1. The van der Waals surface area contributed by atoms with Gasteiger partial charge in [0.15, 0.2) is 0 Å². The molecule has 1 saturated carbocycles. The second-order valence-electron chi connectivity index (χ2n) is 10.00.